The van der Waals surface area contributed by atoms with Gasteiger partial charge in [-0.3, -0.25) is 5.43 Å². The first-order valence-corrected chi connectivity index (χ1v) is 13.0. The number of anilines is 3. The normalized spacial score (nSPS) is 16.0. The molecule has 2 fully saturated rings. The van der Waals surface area contributed by atoms with Crippen LogP contribution in [0.5, 0.6) is 11.5 Å². The highest BCUT2D eigenvalue weighted by Gasteiger charge is 2.19. The van der Waals surface area contributed by atoms with Crippen molar-refractivity contribution in [3.05, 3.63) is 65.7 Å². The van der Waals surface area contributed by atoms with Crippen molar-refractivity contribution >= 4 is 23.8 Å². The zero-order valence-electron chi connectivity index (χ0n) is 21.7. The number of morpholine rings is 2. The lowest BCUT2D eigenvalue weighted by molar-refractivity contribution is 0.121. The van der Waals surface area contributed by atoms with Crippen molar-refractivity contribution in [3.8, 4) is 11.5 Å². The third kappa shape index (κ3) is 7.33. The fourth-order valence-electron chi connectivity index (χ4n) is 4.19. The van der Waals surface area contributed by atoms with E-state index in [0.29, 0.717) is 51.4 Å². The molecular weight excluding hydrogens is 484 g/mol. The molecule has 2 saturated heterocycles. The second kappa shape index (κ2) is 13.1. The molecule has 5 rings (SSSR count). The Morgan fingerprint density at radius 3 is 2.24 bits per heavy atom. The molecule has 0 radical (unpaired) electrons. The van der Waals surface area contributed by atoms with Gasteiger partial charge in [0.1, 0.15) is 30.5 Å². The molecule has 200 valence electrons. The molecule has 0 unspecified atom stereocenters. The number of aromatic nitrogens is 2. The van der Waals surface area contributed by atoms with Crippen LogP contribution in [0, 0.1) is 6.92 Å². The SMILES string of the molecule is Cc1cccc(OCCOc2ccc(/C=N\Nc3cc(N4CCOCC4)nc(N4CCOCC4)n3)cc2)c1. The van der Waals surface area contributed by atoms with Crippen molar-refractivity contribution in [2.24, 2.45) is 5.10 Å². The van der Waals surface area contributed by atoms with Crippen LogP contribution in [-0.2, 0) is 9.47 Å². The average Bonchev–Trinajstić information content (AvgIpc) is 2.97. The average molecular weight is 519 g/mol. The zero-order chi connectivity index (χ0) is 26.0. The summed E-state index contributed by atoms with van der Waals surface area (Å²) in [5.74, 6) is 3.83. The molecule has 0 bridgehead atoms. The van der Waals surface area contributed by atoms with Gasteiger partial charge in [-0.25, -0.2) is 0 Å². The van der Waals surface area contributed by atoms with Crippen LogP contribution in [0.15, 0.2) is 59.7 Å². The first kappa shape index (κ1) is 25.7. The summed E-state index contributed by atoms with van der Waals surface area (Å²) in [7, 11) is 0. The molecule has 0 atom stereocenters. The van der Waals surface area contributed by atoms with Crippen molar-refractivity contribution in [3.63, 3.8) is 0 Å². The molecule has 0 aliphatic carbocycles. The summed E-state index contributed by atoms with van der Waals surface area (Å²) in [4.78, 5) is 13.9. The minimum Gasteiger partial charge on any atom is -0.490 e. The topological polar surface area (TPSA) is 93.6 Å². The lowest BCUT2D eigenvalue weighted by Gasteiger charge is -2.31. The molecule has 2 aromatic carbocycles. The van der Waals surface area contributed by atoms with E-state index in [2.05, 4.69) is 20.3 Å². The highest BCUT2D eigenvalue weighted by atomic mass is 16.5. The quantitative estimate of drug-likeness (QED) is 0.246. The maximum absolute atomic E-state index is 5.80. The van der Waals surface area contributed by atoms with Gasteiger partial charge in [-0.1, -0.05) is 12.1 Å². The number of nitrogens with one attached hydrogen (secondary N) is 1. The van der Waals surface area contributed by atoms with E-state index in [4.69, 9.17) is 28.9 Å². The largest absolute Gasteiger partial charge is 0.490 e. The number of hydrogen-bond donors (Lipinski definition) is 1. The molecular formula is C28H34N6O4. The highest BCUT2D eigenvalue weighted by molar-refractivity contribution is 5.80. The zero-order valence-corrected chi connectivity index (χ0v) is 21.7. The van der Waals surface area contributed by atoms with Crippen LogP contribution < -0.4 is 24.7 Å². The second-order valence-corrected chi connectivity index (χ2v) is 9.06. The van der Waals surface area contributed by atoms with E-state index in [9.17, 15) is 0 Å². The molecule has 3 aromatic rings. The molecule has 0 amide bonds. The molecule has 2 aliphatic rings. The van der Waals surface area contributed by atoms with E-state index in [1.54, 1.807) is 6.21 Å². The lowest BCUT2D eigenvalue weighted by Crippen LogP contribution is -2.39. The highest BCUT2D eigenvalue weighted by Crippen LogP contribution is 2.22. The second-order valence-electron chi connectivity index (χ2n) is 9.06. The van der Waals surface area contributed by atoms with E-state index >= 15 is 0 Å². The standard InChI is InChI=1S/C28H34N6O4/c1-22-3-2-4-25(19-22)38-18-17-37-24-7-5-23(6-8-24)21-29-32-26-20-27(33-9-13-35-14-10-33)31-28(30-26)34-11-15-36-16-12-34/h2-8,19-21H,9-18H2,1H3,(H,30,31,32)/b29-21-. The van der Waals surface area contributed by atoms with Crippen LogP contribution >= 0.6 is 0 Å². The maximum Gasteiger partial charge on any atom is 0.229 e. The van der Waals surface area contributed by atoms with Crippen molar-refractivity contribution in [1.82, 2.24) is 9.97 Å². The van der Waals surface area contributed by atoms with E-state index in [0.717, 1.165) is 49.1 Å². The summed E-state index contributed by atoms with van der Waals surface area (Å²) >= 11 is 0. The summed E-state index contributed by atoms with van der Waals surface area (Å²) in [6, 6.07) is 17.7. The number of rotatable bonds is 10. The Morgan fingerprint density at radius 1 is 0.842 bits per heavy atom. The Hall–Kier alpha value is -3.89. The number of hydrogen-bond acceptors (Lipinski definition) is 10. The Kier molecular flexibility index (Phi) is 8.85. The van der Waals surface area contributed by atoms with Gasteiger partial charge in [0.25, 0.3) is 0 Å². The van der Waals surface area contributed by atoms with Crippen LogP contribution in [0.3, 0.4) is 0 Å². The summed E-state index contributed by atoms with van der Waals surface area (Å²) in [6.07, 6.45) is 1.76. The lowest BCUT2D eigenvalue weighted by atomic mass is 10.2. The number of benzene rings is 2. The number of nitrogens with zero attached hydrogens (tertiary/aromatic N) is 5. The molecule has 3 heterocycles. The minimum absolute atomic E-state index is 0.466. The van der Waals surface area contributed by atoms with Crippen LogP contribution in [0.2, 0.25) is 0 Å². The Balaban J connectivity index is 1.16. The molecule has 2 aliphatic heterocycles. The maximum atomic E-state index is 5.80. The molecule has 38 heavy (non-hydrogen) atoms. The van der Waals surface area contributed by atoms with E-state index in [-0.39, 0.29) is 0 Å². The molecule has 1 N–H and O–H groups in total. The van der Waals surface area contributed by atoms with Crippen molar-refractivity contribution in [1.29, 1.82) is 0 Å². The fourth-order valence-corrected chi connectivity index (χ4v) is 4.19. The van der Waals surface area contributed by atoms with Crippen molar-refractivity contribution in [2.45, 2.75) is 6.92 Å². The van der Waals surface area contributed by atoms with Gasteiger partial charge in [0.2, 0.25) is 5.95 Å². The smallest absolute Gasteiger partial charge is 0.229 e. The third-order valence-electron chi connectivity index (χ3n) is 6.21. The van der Waals surface area contributed by atoms with Crippen LogP contribution in [0.1, 0.15) is 11.1 Å². The summed E-state index contributed by atoms with van der Waals surface area (Å²) in [5, 5.41) is 4.42. The predicted octanol–water partition coefficient (Wildman–Crippen LogP) is 3.36. The fraction of sp³-hybridized carbons (Fsp3) is 0.393. The van der Waals surface area contributed by atoms with Crippen molar-refractivity contribution in [2.75, 3.05) is 81.0 Å². The summed E-state index contributed by atoms with van der Waals surface area (Å²) < 4.78 is 22.5. The van der Waals surface area contributed by atoms with Crippen LogP contribution in [0.4, 0.5) is 17.6 Å². The predicted molar refractivity (Wildman–Crippen MR) is 148 cm³/mol. The van der Waals surface area contributed by atoms with Crippen molar-refractivity contribution < 1.29 is 18.9 Å². The number of ether oxygens (including phenoxy) is 4. The molecule has 0 spiro atoms. The Labute approximate surface area is 223 Å². The Morgan fingerprint density at radius 2 is 1.53 bits per heavy atom. The van der Waals surface area contributed by atoms with Gasteiger partial charge in [0.15, 0.2) is 5.82 Å². The third-order valence-corrected chi connectivity index (χ3v) is 6.21. The van der Waals surface area contributed by atoms with Gasteiger partial charge in [-0.15, -0.1) is 0 Å². The first-order chi connectivity index (χ1) is 18.7. The molecule has 10 nitrogen and oxygen atoms in total. The van der Waals surface area contributed by atoms with E-state index < -0.39 is 0 Å². The van der Waals surface area contributed by atoms with Gasteiger partial charge in [-0.05, 0) is 54.4 Å². The summed E-state index contributed by atoms with van der Waals surface area (Å²) in [5.41, 5.74) is 5.20. The van der Waals surface area contributed by atoms with Gasteiger partial charge >= 0.3 is 0 Å². The number of hydrazone groups is 1. The number of aryl methyl sites for hydroxylation is 1. The van der Waals surface area contributed by atoms with Gasteiger partial charge < -0.3 is 28.7 Å². The van der Waals surface area contributed by atoms with Gasteiger partial charge in [-0.2, -0.15) is 15.1 Å². The van der Waals surface area contributed by atoms with E-state index in [1.807, 2.05) is 61.5 Å². The summed E-state index contributed by atoms with van der Waals surface area (Å²) in [6.45, 7) is 8.85. The van der Waals surface area contributed by atoms with Gasteiger partial charge in [0.05, 0.1) is 32.6 Å². The minimum atomic E-state index is 0.466. The molecule has 1 aromatic heterocycles. The monoisotopic (exact) mass is 518 g/mol. The molecule has 0 saturated carbocycles. The van der Waals surface area contributed by atoms with Crippen LogP contribution in [-0.4, -0.2) is 82.0 Å². The Bertz CT molecular complexity index is 1160. The van der Waals surface area contributed by atoms with E-state index in [1.165, 1.54) is 5.56 Å². The van der Waals surface area contributed by atoms with Crippen LogP contribution in [0.25, 0.3) is 0 Å². The molecule has 10 heteroatoms. The van der Waals surface area contributed by atoms with Gasteiger partial charge in [0, 0.05) is 32.2 Å². The first-order valence-electron chi connectivity index (χ1n) is 13.0.